The number of hydrogen-bond donors (Lipinski definition) is 2. The van der Waals surface area contributed by atoms with Crippen LogP contribution in [0.15, 0.2) is 70.4 Å². The van der Waals surface area contributed by atoms with E-state index in [-0.39, 0.29) is 11.7 Å². The number of methoxy groups -OCH3 is 1. The van der Waals surface area contributed by atoms with Gasteiger partial charge >= 0.3 is 5.97 Å². The van der Waals surface area contributed by atoms with Crippen LogP contribution in [0.5, 0.6) is 5.75 Å². The van der Waals surface area contributed by atoms with Gasteiger partial charge in [-0.15, -0.1) is 0 Å². The highest BCUT2D eigenvalue weighted by Gasteiger charge is 2.37. The Hall–Kier alpha value is -3.70. The van der Waals surface area contributed by atoms with E-state index in [9.17, 15) is 14.9 Å². The summed E-state index contributed by atoms with van der Waals surface area (Å²) < 4.78 is 10.8. The van der Waals surface area contributed by atoms with Crippen LogP contribution < -0.4 is 15.4 Å². The summed E-state index contributed by atoms with van der Waals surface area (Å²) in [6.45, 7) is 6.10. The minimum Gasteiger partial charge on any atom is -0.494 e. The highest BCUT2D eigenvalue weighted by Crippen LogP contribution is 2.44. The number of hydrogen-bond acceptors (Lipinski definition) is 7. The zero-order valence-electron chi connectivity index (χ0n) is 20.3. The van der Waals surface area contributed by atoms with Crippen LogP contribution in [0.4, 0.5) is 5.69 Å². The molecule has 0 aliphatic carbocycles. The number of nitrogens with one attached hydrogen (secondary N) is 2. The molecule has 7 nitrogen and oxygen atoms in total. The number of esters is 1. The number of benzene rings is 2. The van der Waals surface area contributed by atoms with Gasteiger partial charge in [0.2, 0.25) is 5.91 Å². The maximum atomic E-state index is 12.8. The predicted octanol–water partition coefficient (Wildman–Crippen LogP) is 4.89. The molecule has 0 radical (unpaired) electrons. The third-order valence-electron chi connectivity index (χ3n) is 5.60. The number of anilines is 1. The smallest absolute Gasteiger partial charge is 0.336 e. The van der Waals surface area contributed by atoms with Gasteiger partial charge in [-0.05, 0) is 38.0 Å². The lowest BCUT2D eigenvalue weighted by Crippen LogP contribution is -2.29. The second-order valence-corrected chi connectivity index (χ2v) is 8.75. The Labute approximate surface area is 210 Å². The Kier molecular flexibility index (Phi) is 8.98. The molecule has 0 saturated heterocycles. The molecule has 0 bridgehead atoms. The minimum absolute atomic E-state index is 0.0895. The maximum Gasteiger partial charge on any atom is 0.336 e. The van der Waals surface area contributed by atoms with Gasteiger partial charge < -0.3 is 20.1 Å². The third kappa shape index (κ3) is 5.87. The van der Waals surface area contributed by atoms with Crippen LogP contribution in [0.25, 0.3) is 0 Å². The lowest BCUT2D eigenvalue weighted by molar-refractivity contribution is -0.136. The van der Waals surface area contributed by atoms with Gasteiger partial charge in [0.25, 0.3) is 0 Å². The molecular formula is C27H29N3O4S. The molecule has 0 aromatic heterocycles. The summed E-state index contributed by atoms with van der Waals surface area (Å²) in [5.41, 5.74) is 3.74. The molecule has 1 aliphatic heterocycles. The molecule has 1 amide bonds. The molecule has 0 spiro atoms. The first kappa shape index (κ1) is 25.9. The molecule has 0 fully saturated rings. The van der Waals surface area contributed by atoms with E-state index in [4.69, 9.17) is 9.47 Å². The average molecular weight is 492 g/mol. The topological polar surface area (TPSA) is 100 Å². The van der Waals surface area contributed by atoms with Crippen LogP contribution in [-0.4, -0.2) is 31.3 Å². The molecular weight excluding hydrogens is 462 g/mol. The van der Waals surface area contributed by atoms with E-state index in [0.717, 1.165) is 17.7 Å². The van der Waals surface area contributed by atoms with E-state index in [0.29, 0.717) is 39.8 Å². The van der Waals surface area contributed by atoms with Crippen molar-refractivity contribution in [3.63, 3.8) is 0 Å². The van der Waals surface area contributed by atoms with Crippen molar-refractivity contribution in [1.82, 2.24) is 5.32 Å². The molecule has 1 aliphatic rings. The maximum absolute atomic E-state index is 12.8. The van der Waals surface area contributed by atoms with Crippen molar-refractivity contribution in [2.24, 2.45) is 0 Å². The minimum atomic E-state index is -0.692. The molecule has 2 aromatic carbocycles. The van der Waals surface area contributed by atoms with E-state index >= 15 is 0 Å². The van der Waals surface area contributed by atoms with E-state index in [1.54, 1.807) is 6.92 Å². The van der Waals surface area contributed by atoms with Crippen molar-refractivity contribution in [3.05, 3.63) is 81.5 Å². The van der Waals surface area contributed by atoms with Gasteiger partial charge in [0.05, 0.1) is 47.6 Å². The first-order valence-corrected chi connectivity index (χ1v) is 12.4. The van der Waals surface area contributed by atoms with Crippen molar-refractivity contribution in [1.29, 1.82) is 5.26 Å². The number of rotatable bonds is 9. The van der Waals surface area contributed by atoms with Gasteiger partial charge in [0.15, 0.2) is 0 Å². The monoisotopic (exact) mass is 491 g/mol. The number of carbonyl (C=O) groups is 2. The Bertz CT molecular complexity index is 1210. The molecule has 35 heavy (non-hydrogen) atoms. The average Bonchev–Trinajstić information content (AvgIpc) is 2.87. The summed E-state index contributed by atoms with van der Waals surface area (Å²) in [6.07, 6.45) is 0.802. The third-order valence-corrected chi connectivity index (χ3v) is 6.62. The van der Waals surface area contributed by atoms with E-state index in [1.807, 2.05) is 62.4 Å². The normalized spacial score (nSPS) is 15.2. The number of amides is 1. The summed E-state index contributed by atoms with van der Waals surface area (Å²) in [5, 5.41) is 16.8. The SMILES string of the molecule is CCOc1ccccc1[C@H]1C(C#N)=C(SCC(=O)Nc2ccccc2CC)NC(C)=C1C(=O)OC. The van der Waals surface area contributed by atoms with Crippen LogP contribution in [0.3, 0.4) is 0 Å². The number of nitrogens with zero attached hydrogens (tertiary/aromatic N) is 1. The zero-order chi connectivity index (χ0) is 25.4. The number of allylic oxidation sites excluding steroid dienone is 2. The van der Waals surface area contributed by atoms with Gasteiger partial charge in [-0.3, -0.25) is 4.79 Å². The van der Waals surface area contributed by atoms with Crippen LogP contribution in [0, 0.1) is 11.3 Å². The zero-order valence-corrected chi connectivity index (χ0v) is 21.1. The van der Waals surface area contributed by atoms with Gasteiger partial charge in [0.1, 0.15) is 5.75 Å². The van der Waals surface area contributed by atoms with Crippen molar-refractivity contribution in [3.8, 4) is 11.8 Å². The molecule has 3 rings (SSSR count). The molecule has 182 valence electrons. The number of ether oxygens (including phenoxy) is 2. The summed E-state index contributed by atoms with van der Waals surface area (Å²) in [7, 11) is 1.31. The Morgan fingerprint density at radius 2 is 1.86 bits per heavy atom. The van der Waals surface area contributed by atoms with Crippen molar-refractivity contribution < 1.29 is 19.1 Å². The van der Waals surface area contributed by atoms with E-state index in [2.05, 4.69) is 16.7 Å². The highest BCUT2D eigenvalue weighted by molar-refractivity contribution is 8.03. The molecule has 0 unspecified atom stereocenters. The Morgan fingerprint density at radius 1 is 1.14 bits per heavy atom. The second-order valence-electron chi connectivity index (χ2n) is 7.76. The van der Waals surface area contributed by atoms with Gasteiger partial charge in [-0.1, -0.05) is 55.1 Å². The summed E-state index contributed by atoms with van der Waals surface area (Å²) in [6, 6.07) is 17.3. The second kappa shape index (κ2) is 12.1. The molecule has 2 N–H and O–H groups in total. The first-order valence-electron chi connectivity index (χ1n) is 11.4. The van der Waals surface area contributed by atoms with Crippen LogP contribution >= 0.6 is 11.8 Å². The van der Waals surface area contributed by atoms with Gasteiger partial charge in [0, 0.05) is 16.9 Å². The highest BCUT2D eigenvalue weighted by atomic mass is 32.2. The molecule has 8 heteroatoms. The first-order chi connectivity index (χ1) is 16.9. The Morgan fingerprint density at radius 3 is 2.54 bits per heavy atom. The lowest BCUT2D eigenvalue weighted by Gasteiger charge is -2.30. The number of thioether (sulfide) groups is 1. The number of carbonyl (C=O) groups excluding carboxylic acids is 2. The quantitative estimate of drug-likeness (QED) is 0.482. The number of para-hydroxylation sites is 2. The largest absolute Gasteiger partial charge is 0.494 e. The lowest BCUT2D eigenvalue weighted by atomic mass is 9.82. The van der Waals surface area contributed by atoms with Crippen LogP contribution in [0.1, 0.15) is 37.8 Å². The van der Waals surface area contributed by atoms with E-state index in [1.165, 1.54) is 18.9 Å². The molecule has 1 heterocycles. The standard InChI is InChI=1S/C27H29N3O4S/c1-5-18-11-7-9-13-21(18)30-23(31)16-35-26-20(15-28)25(24(17(3)29-26)27(32)33-4)19-12-8-10-14-22(19)34-6-2/h7-14,25,29H,5-6,16H2,1-4H3,(H,30,31)/t25-/m0/s1. The predicted molar refractivity (Wildman–Crippen MR) is 138 cm³/mol. The molecule has 0 saturated carbocycles. The summed E-state index contributed by atoms with van der Waals surface area (Å²) in [5.74, 6) is -0.734. The fraction of sp³-hybridized carbons (Fsp3) is 0.296. The van der Waals surface area contributed by atoms with Crippen molar-refractivity contribution in [2.75, 3.05) is 24.8 Å². The fourth-order valence-corrected chi connectivity index (χ4v) is 4.89. The summed E-state index contributed by atoms with van der Waals surface area (Å²) in [4.78, 5) is 25.5. The molecule has 2 aromatic rings. The van der Waals surface area contributed by atoms with Gasteiger partial charge in [-0.2, -0.15) is 5.26 Å². The van der Waals surface area contributed by atoms with Gasteiger partial charge in [-0.25, -0.2) is 4.79 Å². The number of dihydropyridines is 1. The van der Waals surface area contributed by atoms with Crippen molar-refractivity contribution >= 4 is 29.3 Å². The molecule has 1 atom stereocenters. The van der Waals surface area contributed by atoms with E-state index < -0.39 is 11.9 Å². The fourth-order valence-electron chi connectivity index (χ4n) is 4.00. The Balaban J connectivity index is 1.95. The van der Waals surface area contributed by atoms with Crippen molar-refractivity contribution in [2.45, 2.75) is 33.1 Å². The summed E-state index contributed by atoms with van der Waals surface area (Å²) >= 11 is 1.22. The van der Waals surface area contributed by atoms with Crippen LogP contribution in [-0.2, 0) is 20.7 Å². The number of nitriles is 1. The number of aryl methyl sites for hydroxylation is 1. The van der Waals surface area contributed by atoms with Crippen LogP contribution in [0.2, 0.25) is 0 Å².